The fraction of sp³-hybridized carbons (Fsp3) is 0.312. The Kier molecular flexibility index (Phi) is 4.45. The van der Waals surface area contributed by atoms with Gasteiger partial charge >= 0.3 is 6.03 Å². The summed E-state index contributed by atoms with van der Waals surface area (Å²) < 4.78 is 14.7. The van der Waals surface area contributed by atoms with E-state index in [1.165, 1.54) is 22.9 Å². The third kappa shape index (κ3) is 3.70. The average Bonchev–Trinajstić information content (AvgIpc) is 2.89. The summed E-state index contributed by atoms with van der Waals surface area (Å²) in [5.74, 6) is -0.888. The lowest BCUT2D eigenvalue weighted by Crippen LogP contribution is -2.34. The molecule has 7 nitrogen and oxygen atoms in total. The summed E-state index contributed by atoms with van der Waals surface area (Å²) in [6.07, 6.45) is 4.29. The van der Waals surface area contributed by atoms with Crippen molar-refractivity contribution in [1.29, 1.82) is 0 Å². The normalized spacial score (nSPS) is 16.3. The van der Waals surface area contributed by atoms with Crippen molar-refractivity contribution in [2.24, 2.45) is 5.73 Å². The van der Waals surface area contributed by atoms with Crippen molar-refractivity contribution in [3.8, 4) is 0 Å². The Balaban J connectivity index is 1.69. The number of fused-ring (bicyclic) bond motifs is 1. The van der Waals surface area contributed by atoms with Crippen LogP contribution < -0.4 is 16.4 Å². The maximum Gasteiger partial charge on any atom is 0.319 e. The van der Waals surface area contributed by atoms with E-state index in [4.69, 9.17) is 5.73 Å². The van der Waals surface area contributed by atoms with Gasteiger partial charge in [0.2, 0.25) is 5.91 Å². The van der Waals surface area contributed by atoms with E-state index in [0.29, 0.717) is 5.69 Å². The first-order chi connectivity index (χ1) is 11.5. The summed E-state index contributed by atoms with van der Waals surface area (Å²) in [7, 11) is 0. The fourth-order valence-corrected chi connectivity index (χ4v) is 2.87. The van der Waals surface area contributed by atoms with Crippen molar-refractivity contribution < 1.29 is 14.0 Å². The van der Waals surface area contributed by atoms with Crippen LogP contribution >= 0.6 is 0 Å². The van der Waals surface area contributed by atoms with Gasteiger partial charge in [0.1, 0.15) is 12.4 Å². The average molecular weight is 331 g/mol. The molecule has 0 fully saturated rings. The lowest BCUT2D eigenvalue weighted by Gasteiger charge is -2.22. The number of aromatic nitrogens is 2. The zero-order valence-electron chi connectivity index (χ0n) is 13.0. The fourth-order valence-electron chi connectivity index (χ4n) is 2.87. The Bertz CT molecular complexity index is 774. The number of amides is 3. The largest absolute Gasteiger partial charge is 0.368 e. The minimum absolute atomic E-state index is 0.00914. The maximum absolute atomic E-state index is 13.2. The molecule has 0 unspecified atom stereocenters. The maximum atomic E-state index is 13.2. The second-order valence-electron chi connectivity index (χ2n) is 5.76. The standard InChI is InChI=1S/C16H18FN5O2/c17-11-4-2-5-12(7-11)19-16(24)20-13-6-1-3-10-8-22(9-14(18)23)21-15(10)13/h2,4-5,7-8,13H,1,3,6,9H2,(H2,18,23)(H2,19,20,24)/t13-/m1/s1. The minimum atomic E-state index is -0.469. The summed E-state index contributed by atoms with van der Waals surface area (Å²) in [5.41, 5.74) is 7.31. The van der Waals surface area contributed by atoms with E-state index in [2.05, 4.69) is 15.7 Å². The second kappa shape index (κ2) is 6.69. The van der Waals surface area contributed by atoms with Gasteiger partial charge in [-0.3, -0.25) is 9.48 Å². The molecule has 8 heteroatoms. The number of anilines is 1. The Hall–Kier alpha value is -2.90. The summed E-state index contributed by atoms with van der Waals surface area (Å²) in [4.78, 5) is 23.2. The lowest BCUT2D eigenvalue weighted by molar-refractivity contribution is -0.118. The highest BCUT2D eigenvalue weighted by atomic mass is 19.1. The molecule has 1 aromatic carbocycles. The van der Waals surface area contributed by atoms with Gasteiger partial charge in [0, 0.05) is 11.9 Å². The number of rotatable bonds is 4. The van der Waals surface area contributed by atoms with Gasteiger partial charge in [0.15, 0.2) is 0 Å². The first-order valence-corrected chi connectivity index (χ1v) is 7.69. The Labute approximate surface area is 138 Å². The second-order valence-corrected chi connectivity index (χ2v) is 5.76. The van der Waals surface area contributed by atoms with Crippen LogP contribution in [0, 0.1) is 5.82 Å². The first-order valence-electron chi connectivity index (χ1n) is 7.69. The highest BCUT2D eigenvalue weighted by Crippen LogP contribution is 2.28. The number of nitrogens with one attached hydrogen (secondary N) is 2. The van der Waals surface area contributed by atoms with Gasteiger partial charge in [0.25, 0.3) is 0 Å². The number of benzene rings is 1. The smallest absolute Gasteiger partial charge is 0.319 e. The molecule has 1 atom stereocenters. The molecule has 0 saturated heterocycles. The number of nitrogens with zero attached hydrogens (tertiary/aromatic N) is 2. The Morgan fingerprint density at radius 2 is 2.25 bits per heavy atom. The number of nitrogens with two attached hydrogens (primary N) is 1. The molecule has 1 aliphatic carbocycles. The molecule has 0 radical (unpaired) electrons. The Morgan fingerprint density at radius 3 is 3.00 bits per heavy atom. The van der Waals surface area contributed by atoms with Crippen molar-refractivity contribution >= 4 is 17.6 Å². The van der Waals surface area contributed by atoms with Crippen LogP contribution in [0.2, 0.25) is 0 Å². The molecule has 2 aromatic rings. The van der Waals surface area contributed by atoms with Crippen LogP contribution in [0.1, 0.15) is 30.1 Å². The highest BCUT2D eigenvalue weighted by Gasteiger charge is 2.25. The van der Waals surface area contributed by atoms with Gasteiger partial charge < -0.3 is 16.4 Å². The highest BCUT2D eigenvalue weighted by molar-refractivity contribution is 5.89. The van der Waals surface area contributed by atoms with E-state index in [-0.39, 0.29) is 12.6 Å². The predicted octanol–water partition coefficient (Wildman–Crippen LogP) is 1.71. The zero-order chi connectivity index (χ0) is 17.1. The minimum Gasteiger partial charge on any atom is -0.368 e. The zero-order valence-corrected chi connectivity index (χ0v) is 13.0. The monoisotopic (exact) mass is 331 g/mol. The summed E-state index contributed by atoms with van der Waals surface area (Å²) in [5, 5.41) is 9.81. The number of hydrogen-bond acceptors (Lipinski definition) is 3. The van der Waals surface area contributed by atoms with Gasteiger partial charge in [-0.1, -0.05) is 6.07 Å². The van der Waals surface area contributed by atoms with E-state index in [1.807, 2.05) is 0 Å². The van der Waals surface area contributed by atoms with Gasteiger partial charge in [-0.05, 0) is 43.0 Å². The molecule has 3 rings (SSSR count). The number of aryl methyl sites for hydroxylation is 1. The number of urea groups is 1. The van der Waals surface area contributed by atoms with Gasteiger partial charge in [-0.2, -0.15) is 5.10 Å². The van der Waals surface area contributed by atoms with Crippen molar-refractivity contribution in [3.05, 3.63) is 47.5 Å². The van der Waals surface area contributed by atoms with E-state index >= 15 is 0 Å². The molecule has 1 heterocycles. The third-order valence-corrected chi connectivity index (χ3v) is 3.84. The van der Waals surface area contributed by atoms with Crippen molar-refractivity contribution in [2.75, 3.05) is 5.32 Å². The summed E-state index contributed by atoms with van der Waals surface area (Å²) in [6, 6.07) is 5.00. The predicted molar refractivity (Wildman–Crippen MR) is 85.7 cm³/mol. The van der Waals surface area contributed by atoms with Crippen LogP contribution in [-0.4, -0.2) is 21.7 Å². The van der Waals surface area contributed by atoms with Crippen molar-refractivity contribution in [2.45, 2.75) is 31.8 Å². The van der Waals surface area contributed by atoms with Gasteiger partial charge in [0.05, 0.1) is 11.7 Å². The summed E-state index contributed by atoms with van der Waals surface area (Å²) in [6.45, 7) is 0.00914. The summed E-state index contributed by atoms with van der Waals surface area (Å²) >= 11 is 0. The molecular formula is C16H18FN5O2. The Morgan fingerprint density at radius 1 is 1.42 bits per heavy atom. The molecule has 4 N–H and O–H groups in total. The van der Waals surface area contributed by atoms with Crippen molar-refractivity contribution in [1.82, 2.24) is 15.1 Å². The molecule has 0 spiro atoms. The van der Waals surface area contributed by atoms with Gasteiger partial charge in [-0.25, -0.2) is 9.18 Å². The van der Waals surface area contributed by atoms with Crippen molar-refractivity contribution in [3.63, 3.8) is 0 Å². The number of halogens is 1. The number of carbonyl (C=O) groups excluding carboxylic acids is 2. The van der Waals surface area contributed by atoms with E-state index in [1.54, 1.807) is 12.3 Å². The van der Waals surface area contributed by atoms with E-state index < -0.39 is 17.8 Å². The van der Waals surface area contributed by atoms with Crippen LogP contribution in [0.25, 0.3) is 0 Å². The van der Waals surface area contributed by atoms with Crippen LogP contribution in [0.5, 0.6) is 0 Å². The number of hydrogen-bond donors (Lipinski definition) is 3. The topological polar surface area (TPSA) is 102 Å². The molecule has 24 heavy (non-hydrogen) atoms. The van der Waals surface area contributed by atoms with E-state index in [0.717, 1.165) is 30.5 Å². The molecule has 3 amide bonds. The molecule has 0 bridgehead atoms. The van der Waals surface area contributed by atoms with Gasteiger partial charge in [-0.15, -0.1) is 0 Å². The van der Waals surface area contributed by atoms with Crippen LogP contribution in [-0.2, 0) is 17.8 Å². The number of primary amides is 1. The molecule has 0 aliphatic heterocycles. The molecule has 1 aromatic heterocycles. The molecular weight excluding hydrogens is 313 g/mol. The van der Waals surface area contributed by atoms with Crippen LogP contribution in [0.3, 0.4) is 0 Å². The number of carbonyl (C=O) groups is 2. The molecule has 1 aliphatic rings. The van der Waals surface area contributed by atoms with E-state index in [9.17, 15) is 14.0 Å². The third-order valence-electron chi connectivity index (χ3n) is 3.84. The molecule has 0 saturated carbocycles. The van der Waals surface area contributed by atoms with Crippen LogP contribution in [0.15, 0.2) is 30.5 Å². The molecule has 126 valence electrons. The van der Waals surface area contributed by atoms with Crippen LogP contribution in [0.4, 0.5) is 14.9 Å². The quantitative estimate of drug-likeness (QED) is 0.794. The lowest BCUT2D eigenvalue weighted by atomic mass is 9.94. The first kappa shape index (κ1) is 16.0. The SMILES string of the molecule is NC(=O)Cn1cc2c(n1)[C@H](NC(=O)Nc1cccc(F)c1)CCC2.